The Morgan fingerprint density at radius 1 is 1.24 bits per heavy atom. The Balaban J connectivity index is 1.71. The maximum atomic E-state index is 12.7. The Hall–Kier alpha value is -2.83. The van der Waals surface area contributed by atoms with Crippen LogP contribution in [0.2, 0.25) is 0 Å². The molecule has 2 heterocycles. The highest BCUT2D eigenvalue weighted by Crippen LogP contribution is 2.30. The lowest BCUT2D eigenvalue weighted by atomic mass is 9.97. The van der Waals surface area contributed by atoms with Gasteiger partial charge in [0.25, 0.3) is 0 Å². The number of aromatic nitrogens is 2. The van der Waals surface area contributed by atoms with Gasteiger partial charge in [-0.25, -0.2) is 9.97 Å². The maximum Gasteiger partial charge on any atom is 0.229 e. The molecular formula is C18H22N4O3. The molecule has 1 aromatic heterocycles. The van der Waals surface area contributed by atoms with E-state index in [1.165, 1.54) is 0 Å². The molecule has 1 atom stereocenters. The first-order chi connectivity index (χ1) is 12.2. The Kier molecular flexibility index (Phi) is 5.33. The quantitative estimate of drug-likeness (QED) is 0.899. The van der Waals surface area contributed by atoms with Crippen LogP contribution in [-0.4, -0.2) is 43.2 Å². The number of hydrogen-bond donors (Lipinski definition) is 1. The predicted molar refractivity (Wildman–Crippen MR) is 95.1 cm³/mol. The number of ether oxygens (including phenoxy) is 2. The number of benzene rings is 1. The summed E-state index contributed by atoms with van der Waals surface area (Å²) in [5, 5.41) is 2.97. The third kappa shape index (κ3) is 3.99. The summed E-state index contributed by atoms with van der Waals surface area (Å²) in [6.07, 6.45) is 5.19. The fraction of sp³-hybridized carbons (Fsp3) is 0.389. The van der Waals surface area contributed by atoms with E-state index in [0.717, 1.165) is 19.4 Å². The zero-order valence-corrected chi connectivity index (χ0v) is 14.4. The zero-order chi connectivity index (χ0) is 17.6. The van der Waals surface area contributed by atoms with E-state index >= 15 is 0 Å². The molecule has 25 heavy (non-hydrogen) atoms. The minimum absolute atomic E-state index is 0.0350. The Morgan fingerprint density at radius 3 is 2.76 bits per heavy atom. The van der Waals surface area contributed by atoms with Crippen molar-refractivity contribution in [3.8, 4) is 11.5 Å². The molecule has 2 aromatic rings. The summed E-state index contributed by atoms with van der Waals surface area (Å²) in [7, 11) is 3.17. The van der Waals surface area contributed by atoms with Crippen LogP contribution in [0.4, 0.5) is 11.6 Å². The molecule has 3 rings (SSSR count). The van der Waals surface area contributed by atoms with Gasteiger partial charge < -0.3 is 19.7 Å². The van der Waals surface area contributed by atoms with E-state index in [1.54, 1.807) is 50.9 Å². The summed E-state index contributed by atoms with van der Waals surface area (Å²) >= 11 is 0. The lowest BCUT2D eigenvalue weighted by Crippen LogP contribution is -2.41. The normalized spacial score (nSPS) is 17.0. The Bertz CT molecular complexity index is 724. The average Bonchev–Trinajstić information content (AvgIpc) is 2.68. The first kappa shape index (κ1) is 17.0. The number of piperidine rings is 1. The molecular weight excluding hydrogens is 320 g/mol. The maximum absolute atomic E-state index is 12.7. The number of anilines is 2. The highest BCUT2D eigenvalue weighted by Gasteiger charge is 2.27. The van der Waals surface area contributed by atoms with Crippen molar-refractivity contribution < 1.29 is 14.3 Å². The van der Waals surface area contributed by atoms with Crippen molar-refractivity contribution in [1.82, 2.24) is 9.97 Å². The van der Waals surface area contributed by atoms with E-state index in [4.69, 9.17) is 9.47 Å². The van der Waals surface area contributed by atoms with Crippen LogP contribution >= 0.6 is 0 Å². The van der Waals surface area contributed by atoms with Gasteiger partial charge in [0, 0.05) is 31.5 Å². The summed E-state index contributed by atoms with van der Waals surface area (Å²) in [6, 6.07) is 7.12. The van der Waals surface area contributed by atoms with Gasteiger partial charge >= 0.3 is 0 Å². The van der Waals surface area contributed by atoms with Crippen molar-refractivity contribution in [1.29, 1.82) is 0 Å². The van der Waals surface area contributed by atoms with Crippen LogP contribution in [-0.2, 0) is 4.79 Å². The van der Waals surface area contributed by atoms with Gasteiger partial charge in [-0.15, -0.1) is 0 Å². The predicted octanol–water partition coefficient (Wildman–Crippen LogP) is 2.35. The largest absolute Gasteiger partial charge is 0.497 e. The van der Waals surface area contributed by atoms with Gasteiger partial charge in [-0.1, -0.05) is 0 Å². The molecule has 132 valence electrons. The van der Waals surface area contributed by atoms with Crippen molar-refractivity contribution in [2.45, 2.75) is 12.8 Å². The van der Waals surface area contributed by atoms with E-state index in [1.807, 2.05) is 0 Å². The molecule has 0 aliphatic carbocycles. The third-order valence-corrected chi connectivity index (χ3v) is 4.29. The standard InChI is InChI=1S/C18H22N4O3/c1-24-14-6-7-16(25-2)15(11-14)21-17(23)13-5-3-10-22(12-13)18-19-8-4-9-20-18/h4,6-9,11,13H,3,5,10,12H2,1-2H3,(H,21,23). The number of nitrogens with one attached hydrogen (secondary N) is 1. The number of methoxy groups -OCH3 is 2. The molecule has 1 unspecified atom stereocenters. The van der Waals surface area contributed by atoms with E-state index < -0.39 is 0 Å². The van der Waals surface area contributed by atoms with E-state index in [9.17, 15) is 4.79 Å². The summed E-state index contributed by atoms with van der Waals surface area (Å²) in [5.74, 6) is 1.77. The van der Waals surface area contributed by atoms with Gasteiger partial charge in [0.1, 0.15) is 11.5 Å². The van der Waals surface area contributed by atoms with Crippen LogP contribution in [0.15, 0.2) is 36.7 Å². The summed E-state index contributed by atoms with van der Waals surface area (Å²) in [4.78, 5) is 23.3. The molecule has 1 aliphatic rings. The molecule has 1 amide bonds. The molecule has 1 saturated heterocycles. The smallest absolute Gasteiger partial charge is 0.229 e. The molecule has 0 bridgehead atoms. The van der Waals surface area contributed by atoms with Crippen molar-refractivity contribution in [3.05, 3.63) is 36.7 Å². The molecule has 0 radical (unpaired) electrons. The molecule has 0 saturated carbocycles. The van der Waals surface area contributed by atoms with Gasteiger partial charge in [0.15, 0.2) is 0 Å². The number of rotatable bonds is 5. The SMILES string of the molecule is COc1ccc(OC)c(NC(=O)C2CCCN(c3ncccn3)C2)c1. The van der Waals surface area contributed by atoms with Crippen LogP contribution in [0.5, 0.6) is 11.5 Å². The molecule has 7 nitrogen and oxygen atoms in total. The number of carbonyl (C=O) groups excluding carboxylic acids is 1. The fourth-order valence-corrected chi connectivity index (χ4v) is 2.97. The van der Waals surface area contributed by atoms with E-state index in [0.29, 0.717) is 29.7 Å². The number of amides is 1. The van der Waals surface area contributed by atoms with Crippen LogP contribution in [0, 0.1) is 5.92 Å². The lowest BCUT2D eigenvalue weighted by Gasteiger charge is -2.32. The Morgan fingerprint density at radius 2 is 2.04 bits per heavy atom. The van der Waals surface area contributed by atoms with Crippen molar-refractivity contribution in [2.75, 3.05) is 37.5 Å². The average molecular weight is 342 g/mol. The topological polar surface area (TPSA) is 76.6 Å². The molecule has 1 aromatic carbocycles. The zero-order valence-electron chi connectivity index (χ0n) is 14.4. The number of hydrogen-bond acceptors (Lipinski definition) is 6. The van der Waals surface area contributed by atoms with Gasteiger partial charge in [0.05, 0.1) is 25.8 Å². The summed E-state index contributed by atoms with van der Waals surface area (Å²) in [5.41, 5.74) is 0.611. The highest BCUT2D eigenvalue weighted by molar-refractivity contribution is 5.94. The van der Waals surface area contributed by atoms with Crippen LogP contribution in [0.1, 0.15) is 12.8 Å². The first-order valence-electron chi connectivity index (χ1n) is 8.26. The molecule has 0 spiro atoms. The molecule has 1 aliphatic heterocycles. The third-order valence-electron chi connectivity index (χ3n) is 4.29. The van der Waals surface area contributed by atoms with Crippen molar-refractivity contribution >= 4 is 17.5 Å². The molecule has 1 N–H and O–H groups in total. The first-order valence-corrected chi connectivity index (χ1v) is 8.26. The van der Waals surface area contributed by atoms with Gasteiger partial charge in [0.2, 0.25) is 11.9 Å². The second-order valence-corrected chi connectivity index (χ2v) is 5.89. The second-order valence-electron chi connectivity index (χ2n) is 5.89. The second kappa shape index (κ2) is 7.83. The Labute approximate surface area is 147 Å². The van der Waals surface area contributed by atoms with E-state index in [2.05, 4.69) is 20.2 Å². The summed E-state index contributed by atoms with van der Waals surface area (Å²) < 4.78 is 10.5. The van der Waals surface area contributed by atoms with Crippen molar-refractivity contribution in [2.24, 2.45) is 5.92 Å². The number of nitrogens with zero attached hydrogens (tertiary/aromatic N) is 3. The van der Waals surface area contributed by atoms with Gasteiger partial charge in [-0.05, 0) is 31.0 Å². The van der Waals surface area contributed by atoms with E-state index in [-0.39, 0.29) is 11.8 Å². The minimum Gasteiger partial charge on any atom is -0.497 e. The van der Waals surface area contributed by atoms with Gasteiger partial charge in [-0.3, -0.25) is 4.79 Å². The van der Waals surface area contributed by atoms with Gasteiger partial charge in [-0.2, -0.15) is 0 Å². The van der Waals surface area contributed by atoms with Crippen molar-refractivity contribution in [3.63, 3.8) is 0 Å². The molecule has 7 heteroatoms. The minimum atomic E-state index is -0.131. The highest BCUT2D eigenvalue weighted by atomic mass is 16.5. The number of carbonyl (C=O) groups is 1. The van der Waals surface area contributed by atoms with Crippen LogP contribution in [0.3, 0.4) is 0 Å². The molecule has 1 fully saturated rings. The monoisotopic (exact) mass is 342 g/mol. The summed E-state index contributed by atoms with van der Waals surface area (Å²) in [6.45, 7) is 1.46. The lowest BCUT2D eigenvalue weighted by molar-refractivity contribution is -0.120. The van der Waals surface area contributed by atoms with Crippen LogP contribution in [0.25, 0.3) is 0 Å². The van der Waals surface area contributed by atoms with Crippen LogP contribution < -0.4 is 19.7 Å². The fourth-order valence-electron chi connectivity index (χ4n) is 2.97.